The van der Waals surface area contributed by atoms with Crippen LogP contribution >= 0.6 is 23.4 Å². The van der Waals surface area contributed by atoms with Gasteiger partial charge in [0.15, 0.2) is 16.1 Å². The molecule has 0 saturated heterocycles. The highest BCUT2D eigenvalue weighted by Gasteiger charge is 2.19. The third-order valence-corrected chi connectivity index (χ3v) is 3.68. The second-order valence-corrected chi connectivity index (χ2v) is 5.39. The summed E-state index contributed by atoms with van der Waals surface area (Å²) in [6.45, 7) is 0. The zero-order valence-corrected chi connectivity index (χ0v) is 12.8. The van der Waals surface area contributed by atoms with E-state index in [9.17, 15) is 9.18 Å². The number of para-hydroxylation sites is 1. The first-order valence-corrected chi connectivity index (χ1v) is 7.76. The van der Waals surface area contributed by atoms with Gasteiger partial charge in [0.25, 0.3) is 5.56 Å². The standard InChI is InChI=1S/C14H9ClFN3O2S/c1-22-14-17-10-8(12(20)19-14)13(18-11(15)9(10)16)21-7-5-3-2-4-6-7/h2-6H,1H3,(H,17,19,20). The van der Waals surface area contributed by atoms with Crippen molar-refractivity contribution >= 4 is 34.3 Å². The number of benzene rings is 1. The van der Waals surface area contributed by atoms with Crippen molar-refractivity contribution in [3.63, 3.8) is 0 Å². The maximum Gasteiger partial charge on any atom is 0.265 e. The molecule has 2 heterocycles. The lowest BCUT2D eigenvalue weighted by atomic mass is 10.3. The zero-order valence-electron chi connectivity index (χ0n) is 11.3. The van der Waals surface area contributed by atoms with Gasteiger partial charge in [-0.05, 0) is 18.4 Å². The van der Waals surface area contributed by atoms with Crippen LogP contribution < -0.4 is 10.3 Å². The Morgan fingerprint density at radius 3 is 2.68 bits per heavy atom. The summed E-state index contributed by atoms with van der Waals surface area (Å²) in [6.07, 6.45) is 1.71. The number of nitrogens with one attached hydrogen (secondary N) is 1. The molecule has 0 amide bonds. The second kappa shape index (κ2) is 5.94. The monoisotopic (exact) mass is 337 g/mol. The van der Waals surface area contributed by atoms with E-state index in [0.717, 1.165) is 0 Å². The van der Waals surface area contributed by atoms with Crippen LogP contribution in [0.4, 0.5) is 4.39 Å². The van der Waals surface area contributed by atoms with Gasteiger partial charge in [0.05, 0.1) is 0 Å². The van der Waals surface area contributed by atoms with Gasteiger partial charge in [0.2, 0.25) is 5.88 Å². The highest BCUT2D eigenvalue weighted by atomic mass is 35.5. The van der Waals surface area contributed by atoms with Crippen LogP contribution in [0.3, 0.4) is 0 Å². The van der Waals surface area contributed by atoms with E-state index in [2.05, 4.69) is 15.0 Å². The number of thioether (sulfide) groups is 1. The molecule has 3 rings (SSSR count). The lowest BCUT2D eigenvalue weighted by molar-refractivity contribution is 0.466. The van der Waals surface area contributed by atoms with Crippen molar-refractivity contribution in [1.29, 1.82) is 0 Å². The van der Waals surface area contributed by atoms with Gasteiger partial charge in [-0.15, -0.1) is 0 Å². The van der Waals surface area contributed by atoms with Crippen LogP contribution in [0.1, 0.15) is 0 Å². The minimum atomic E-state index is -0.849. The third kappa shape index (κ3) is 2.65. The maximum absolute atomic E-state index is 14.1. The first-order chi connectivity index (χ1) is 10.6. The Morgan fingerprint density at radius 1 is 1.27 bits per heavy atom. The van der Waals surface area contributed by atoms with Crippen LogP contribution in [0.5, 0.6) is 11.6 Å². The van der Waals surface area contributed by atoms with E-state index < -0.39 is 16.5 Å². The number of aromatic amines is 1. The molecule has 0 spiro atoms. The predicted molar refractivity (Wildman–Crippen MR) is 83.4 cm³/mol. The minimum absolute atomic E-state index is 0.0800. The average molecular weight is 338 g/mol. The Hall–Kier alpha value is -2.12. The Bertz CT molecular complexity index is 902. The lowest BCUT2D eigenvalue weighted by Crippen LogP contribution is -2.12. The lowest BCUT2D eigenvalue weighted by Gasteiger charge is -2.09. The predicted octanol–water partition coefficient (Wildman–Crippen LogP) is 3.62. The van der Waals surface area contributed by atoms with Crippen LogP contribution in [0.25, 0.3) is 10.9 Å². The van der Waals surface area contributed by atoms with Crippen molar-refractivity contribution in [3.05, 3.63) is 51.7 Å². The number of fused-ring (bicyclic) bond motifs is 1. The summed E-state index contributed by atoms with van der Waals surface area (Å²) < 4.78 is 19.7. The van der Waals surface area contributed by atoms with E-state index in [1.54, 1.807) is 30.5 Å². The Kier molecular flexibility index (Phi) is 4.00. The molecule has 0 aliphatic carbocycles. The molecule has 0 aliphatic rings. The number of nitrogens with zero attached hydrogens (tertiary/aromatic N) is 2. The number of ether oxygens (including phenoxy) is 1. The van der Waals surface area contributed by atoms with Gasteiger partial charge in [0, 0.05) is 0 Å². The van der Waals surface area contributed by atoms with Crippen molar-refractivity contribution in [2.45, 2.75) is 5.16 Å². The Labute approximate surface area is 133 Å². The second-order valence-electron chi connectivity index (χ2n) is 4.24. The third-order valence-electron chi connectivity index (χ3n) is 2.85. The number of aromatic nitrogens is 3. The van der Waals surface area contributed by atoms with E-state index in [4.69, 9.17) is 16.3 Å². The molecule has 2 aromatic heterocycles. The normalized spacial score (nSPS) is 10.9. The van der Waals surface area contributed by atoms with Gasteiger partial charge < -0.3 is 9.72 Å². The van der Waals surface area contributed by atoms with Gasteiger partial charge in [-0.3, -0.25) is 4.79 Å². The molecule has 0 fully saturated rings. The summed E-state index contributed by atoms with van der Waals surface area (Å²) in [4.78, 5) is 22.6. The Balaban J connectivity index is 2.26. The molecule has 1 N–H and O–H groups in total. The topological polar surface area (TPSA) is 67.9 Å². The number of H-pyrrole nitrogens is 1. The molecule has 0 unspecified atom stereocenters. The fourth-order valence-electron chi connectivity index (χ4n) is 1.87. The van der Waals surface area contributed by atoms with Crippen molar-refractivity contribution in [2.24, 2.45) is 0 Å². The molecule has 22 heavy (non-hydrogen) atoms. The fraction of sp³-hybridized carbons (Fsp3) is 0.0714. The summed E-state index contributed by atoms with van der Waals surface area (Å²) in [5.41, 5.74) is -0.706. The summed E-state index contributed by atoms with van der Waals surface area (Å²) in [7, 11) is 0. The fourth-order valence-corrected chi connectivity index (χ4v) is 2.42. The van der Waals surface area contributed by atoms with Crippen molar-refractivity contribution in [2.75, 3.05) is 6.26 Å². The summed E-state index contributed by atoms with van der Waals surface area (Å²) in [6, 6.07) is 8.70. The van der Waals surface area contributed by atoms with Gasteiger partial charge in [-0.1, -0.05) is 41.6 Å². The molecule has 0 bridgehead atoms. The van der Waals surface area contributed by atoms with E-state index in [0.29, 0.717) is 5.75 Å². The molecule has 5 nitrogen and oxygen atoms in total. The number of hydrogen-bond donors (Lipinski definition) is 1. The van der Waals surface area contributed by atoms with Crippen LogP contribution in [0.2, 0.25) is 5.15 Å². The molecular formula is C14H9ClFN3O2S. The number of rotatable bonds is 3. The molecule has 0 aliphatic heterocycles. The largest absolute Gasteiger partial charge is 0.438 e. The highest BCUT2D eigenvalue weighted by molar-refractivity contribution is 7.98. The van der Waals surface area contributed by atoms with Gasteiger partial charge in [-0.25, -0.2) is 9.37 Å². The SMILES string of the molecule is CSc1nc2c(F)c(Cl)nc(Oc3ccccc3)c2c(=O)[nH]1. The summed E-state index contributed by atoms with van der Waals surface area (Å²) >= 11 is 6.97. The van der Waals surface area contributed by atoms with E-state index in [1.165, 1.54) is 11.8 Å². The van der Waals surface area contributed by atoms with E-state index in [-0.39, 0.29) is 21.9 Å². The first-order valence-electron chi connectivity index (χ1n) is 6.16. The molecule has 8 heteroatoms. The van der Waals surface area contributed by atoms with Crippen LogP contribution in [-0.2, 0) is 0 Å². The first kappa shape index (κ1) is 14.8. The van der Waals surface area contributed by atoms with Crippen LogP contribution in [-0.4, -0.2) is 21.2 Å². The van der Waals surface area contributed by atoms with E-state index >= 15 is 0 Å². The summed E-state index contributed by atoms with van der Waals surface area (Å²) in [5.74, 6) is -0.486. The van der Waals surface area contributed by atoms with Crippen molar-refractivity contribution < 1.29 is 9.13 Å². The smallest absolute Gasteiger partial charge is 0.265 e. The van der Waals surface area contributed by atoms with Gasteiger partial charge in [0.1, 0.15) is 16.7 Å². The molecular weight excluding hydrogens is 329 g/mol. The number of halogens is 2. The molecule has 3 aromatic rings. The molecule has 0 radical (unpaired) electrons. The zero-order chi connectivity index (χ0) is 15.7. The highest BCUT2D eigenvalue weighted by Crippen LogP contribution is 2.30. The van der Waals surface area contributed by atoms with Crippen LogP contribution in [0, 0.1) is 5.82 Å². The van der Waals surface area contributed by atoms with Crippen molar-refractivity contribution in [3.8, 4) is 11.6 Å². The number of hydrogen-bond acceptors (Lipinski definition) is 5. The minimum Gasteiger partial charge on any atom is -0.438 e. The summed E-state index contributed by atoms with van der Waals surface area (Å²) in [5, 5.41) is -0.198. The molecule has 0 saturated carbocycles. The van der Waals surface area contributed by atoms with E-state index in [1.807, 2.05) is 6.07 Å². The molecule has 112 valence electrons. The Morgan fingerprint density at radius 2 is 2.00 bits per heavy atom. The molecule has 1 aromatic carbocycles. The van der Waals surface area contributed by atoms with Gasteiger partial charge >= 0.3 is 0 Å². The average Bonchev–Trinajstić information content (AvgIpc) is 2.52. The maximum atomic E-state index is 14.1. The van der Waals surface area contributed by atoms with Gasteiger partial charge in [-0.2, -0.15) is 4.98 Å². The molecule has 0 atom stereocenters. The number of pyridine rings is 1. The quantitative estimate of drug-likeness (QED) is 0.449. The van der Waals surface area contributed by atoms with Crippen molar-refractivity contribution in [1.82, 2.24) is 15.0 Å². The van der Waals surface area contributed by atoms with Crippen LogP contribution in [0.15, 0.2) is 40.3 Å².